The highest BCUT2D eigenvalue weighted by molar-refractivity contribution is 6.30. The van der Waals surface area contributed by atoms with Gasteiger partial charge in [0.2, 0.25) is 11.9 Å². The second kappa shape index (κ2) is 6.46. The Kier molecular flexibility index (Phi) is 3.93. The van der Waals surface area contributed by atoms with E-state index in [1.54, 1.807) is 0 Å². The Balaban J connectivity index is 1.29. The van der Waals surface area contributed by atoms with Crippen LogP contribution in [0, 0.1) is 6.92 Å². The van der Waals surface area contributed by atoms with Gasteiger partial charge in [-0.25, -0.2) is 19.9 Å². The number of benzene rings is 1. The van der Waals surface area contributed by atoms with Crippen molar-refractivity contribution in [2.45, 2.75) is 38.9 Å². The van der Waals surface area contributed by atoms with E-state index in [2.05, 4.69) is 37.3 Å². The molecule has 2 aliphatic rings. The molecule has 1 N–H and O–H groups in total. The van der Waals surface area contributed by atoms with Crippen LogP contribution in [0.2, 0.25) is 5.02 Å². The largest absolute Gasteiger partial charge is 0.351 e. The summed E-state index contributed by atoms with van der Waals surface area (Å²) in [6.07, 6.45) is 7.51. The molecule has 5 rings (SSSR count). The molecule has 0 saturated heterocycles. The summed E-state index contributed by atoms with van der Waals surface area (Å²) in [5, 5.41) is 4.28. The second-order valence-electron chi connectivity index (χ2n) is 7.24. The molecule has 3 aromatic rings. The number of halogens is 1. The first-order valence-electron chi connectivity index (χ1n) is 9.06. The fourth-order valence-electron chi connectivity index (χ4n) is 3.78. The minimum atomic E-state index is 0.300. The van der Waals surface area contributed by atoms with Crippen molar-refractivity contribution in [1.29, 1.82) is 0 Å². The van der Waals surface area contributed by atoms with Gasteiger partial charge in [0, 0.05) is 41.8 Å². The lowest BCUT2D eigenvalue weighted by atomic mass is 10.1. The highest BCUT2D eigenvalue weighted by Crippen LogP contribution is 2.28. The van der Waals surface area contributed by atoms with E-state index >= 15 is 0 Å². The Morgan fingerprint density at radius 3 is 2.67 bits per heavy atom. The van der Waals surface area contributed by atoms with Gasteiger partial charge in [0.1, 0.15) is 0 Å². The lowest BCUT2D eigenvalue weighted by Crippen LogP contribution is -2.21. The first kappa shape index (κ1) is 16.4. The Morgan fingerprint density at radius 2 is 1.81 bits per heavy atom. The lowest BCUT2D eigenvalue weighted by molar-refractivity contribution is 0.759. The first-order chi connectivity index (χ1) is 13.1. The molecule has 0 unspecified atom stereocenters. The number of nitrogens with zero attached hydrogens (tertiary/aromatic N) is 5. The van der Waals surface area contributed by atoms with Gasteiger partial charge in [-0.3, -0.25) is 0 Å². The van der Waals surface area contributed by atoms with Crippen LogP contribution in [0.15, 0.2) is 36.8 Å². The lowest BCUT2D eigenvalue weighted by Gasteiger charge is -2.14. The van der Waals surface area contributed by atoms with Crippen molar-refractivity contribution in [1.82, 2.24) is 19.9 Å². The van der Waals surface area contributed by atoms with E-state index in [1.165, 1.54) is 11.1 Å². The van der Waals surface area contributed by atoms with Crippen molar-refractivity contribution in [3.63, 3.8) is 0 Å². The maximum Gasteiger partial charge on any atom is 0.225 e. The molecule has 136 valence electrons. The Hall–Kier alpha value is -2.73. The molecule has 7 heteroatoms. The summed E-state index contributed by atoms with van der Waals surface area (Å²) in [6.45, 7) is 3.43. The molecule has 2 aromatic heterocycles. The molecule has 0 amide bonds. The monoisotopic (exact) mass is 378 g/mol. The normalized spacial score (nSPS) is 17.7. The fourth-order valence-corrected chi connectivity index (χ4v) is 3.98. The standard InChI is InChI=1S/C20H19ClN6/c1-12-7-23-20(24-8-12)27-10-15-9-22-19(26-18(15)11-27)25-17-5-13-2-3-16(21)4-14(13)6-17/h2-4,7-9,17H,5-6,10-11H2,1H3,(H,22,25,26)/t17-/m1/s1. The summed E-state index contributed by atoms with van der Waals surface area (Å²) in [7, 11) is 0. The molecular weight excluding hydrogens is 360 g/mol. The number of anilines is 2. The average molecular weight is 379 g/mol. The number of aryl methyl sites for hydroxylation is 1. The molecule has 0 spiro atoms. The van der Waals surface area contributed by atoms with Crippen LogP contribution < -0.4 is 10.2 Å². The number of nitrogens with one attached hydrogen (secondary N) is 1. The van der Waals surface area contributed by atoms with Crippen molar-refractivity contribution in [2.75, 3.05) is 10.2 Å². The zero-order chi connectivity index (χ0) is 18.4. The van der Waals surface area contributed by atoms with E-state index < -0.39 is 0 Å². The van der Waals surface area contributed by atoms with Crippen molar-refractivity contribution in [3.8, 4) is 0 Å². The molecule has 0 fully saturated rings. The third-order valence-electron chi connectivity index (χ3n) is 5.14. The molecule has 1 aliphatic carbocycles. The van der Waals surface area contributed by atoms with Crippen molar-refractivity contribution >= 4 is 23.5 Å². The Morgan fingerprint density at radius 1 is 1.00 bits per heavy atom. The predicted octanol–water partition coefficient (Wildman–Crippen LogP) is 3.33. The molecule has 0 radical (unpaired) electrons. The smallest absolute Gasteiger partial charge is 0.225 e. The van der Waals surface area contributed by atoms with E-state index in [4.69, 9.17) is 16.6 Å². The molecule has 27 heavy (non-hydrogen) atoms. The summed E-state index contributed by atoms with van der Waals surface area (Å²) in [5.41, 5.74) is 5.88. The minimum absolute atomic E-state index is 0.300. The van der Waals surface area contributed by atoms with Gasteiger partial charge in [0.15, 0.2) is 0 Å². The van der Waals surface area contributed by atoms with E-state index in [9.17, 15) is 0 Å². The summed E-state index contributed by atoms with van der Waals surface area (Å²) in [5.74, 6) is 1.42. The fraction of sp³-hybridized carbons (Fsp3) is 0.300. The van der Waals surface area contributed by atoms with Gasteiger partial charge in [0.05, 0.1) is 12.2 Å². The molecule has 3 heterocycles. The van der Waals surface area contributed by atoms with Gasteiger partial charge in [-0.15, -0.1) is 0 Å². The molecule has 1 aliphatic heterocycles. The van der Waals surface area contributed by atoms with Crippen molar-refractivity contribution < 1.29 is 0 Å². The van der Waals surface area contributed by atoms with Gasteiger partial charge in [0.25, 0.3) is 0 Å². The summed E-state index contributed by atoms with van der Waals surface area (Å²) >= 11 is 6.11. The Labute approximate surface area is 162 Å². The average Bonchev–Trinajstić information content (AvgIpc) is 3.25. The molecule has 6 nitrogen and oxygen atoms in total. The third-order valence-corrected chi connectivity index (χ3v) is 5.38. The Bertz CT molecular complexity index is 1000. The highest BCUT2D eigenvalue weighted by Gasteiger charge is 2.25. The molecule has 1 atom stereocenters. The van der Waals surface area contributed by atoms with Gasteiger partial charge < -0.3 is 10.2 Å². The van der Waals surface area contributed by atoms with Crippen LogP contribution in [0.4, 0.5) is 11.9 Å². The summed E-state index contributed by atoms with van der Waals surface area (Å²) in [4.78, 5) is 20.2. The number of hydrogen-bond acceptors (Lipinski definition) is 6. The predicted molar refractivity (Wildman–Crippen MR) is 105 cm³/mol. The minimum Gasteiger partial charge on any atom is -0.351 e. The van der Waals surface area contributed by atoms with Crippen LogP contribution in [0.5, 0.6) is 0 Å². The number of aromatic nitrogens is 4. The van der Waals surface area contributed by atoms with Crippen LogP contribution in [-0.4, -0.2) is 26.0 Å². The number of hydrogen-bond donors (Lipinski definition) is 1. The molecule has 0 saturated carbocycles. The van der Waals surface area contributed by atoms with Gasteiger partial charge in [-0.2, -0.15) is 0 Å². The molecule has 1 aromatic carbocycles. The van der Waals surface area contributed by atoms with Gasteiger partial charge in [-0.05, 0) is 48.6 Å². The number of rotatable bonds is 3. The second-order valence-corrected chi connectivity index (χ2v) is 7.68. The summed E-state index contributed by atoms with van der Waals surface area (Å²) < 4.78 is 0. The molecular formula is C20H19ClN6. The van der Waals surface area contributed by atoms with Gasteiger partial charge in [-0.1, -0.05) is 17.7 Å². The van der Waals surface area contributed by atoms with E-state index in [0.717, 1.165) is 47.2 Å². The third kappa shape index (κ3) is 3.21. The van der Waals surface area contributed by atoms with Gasteiger partial charge >= 0.3 is 0 Å². The van der Waals surface area contributed by atoms with Crippen LogP contribution in [0.1, 0.15) is 27.9 Å². The SMILES string of the molecule is Cc1cnc(N2Cc3cnc(N[C@@H]4Cc5ccc(Cl)cc5C4)nc3C2)nc1. The first-order valence-corrected chi connectivity index (χ1v) is 9.44. The maximum atomic E-state index is 6.11. The van der Waals surface area contributed by atoms with Crippen LogP contribution >= 0.6 is 11.6 Å². The van der Waals surface area contributed by atoms with E-state index in [0.29, 0.717) is 18.5 Å². The zero-order valence-corrected chi connectivity index (χ0v) is 15.7. The van der Waals surface area contributed by atoms with Crippen LogP contribution in [0.25, 0.3) is 0 Å². The maximum absolute atomic E-state index is 6.11. The number of fused-ring (bicyclic) bond motifs is 2. The van der Waals surface area contributed by atoms with Crippen molar-refractivity contribution in [3.05, 3.63) is 69.8 Å². The summed E-state index contributed by atoms with van der Waals surface area (Å²) in [6, 6.07) is 6.43. The quantitative estimate of drug-likeness (QED) is 0.754. The zero-order valence-electron chi connectivity index (χ0n) is 15.0. The van der Waals surface area contributed by atoms with E-state index in [-0.39, 0.29) is 0 Å². The molecule has 0 bridgehead atoms. The topological polar surface area (TPSA) is 66.8 Å². The van der Waals surface area contributed by atoms with Crippen LogP contribution in [-0.2, 0) is 25.9 Å². The highest BCUT2D eigenvalue weighted by atomic mass is 35.5. The van der Waals surface area contributed by atoms with Crippen LogP contribution in [0.3, 0.4) is 0 Å². The van der Waals surface area contributed by atoms with E-state index in [1.807, 2.05) is 31.6 Å². The van der Waals surface area contributed by atoms with Crippen molar-refractivity contribution in [2.24, 2.45) is 0 Å².